The SMILES string of the molecule is CC(C)CC(NC(=O)C(C)N(C)C)C(=O)ON1C(=O)CCC1=O.CCC(=O)C(CC(C)C)NC(=O)C(C)N(C)C. The summed E-state index contributed by atoms with van der Waals surface area (Å²) in [6.45, 7) is 13.3. The summed E-state index contributed by atoms with van der Waals surface area (Å²) in [6.07, 6.45) is 1.59. The van der Waals surface area contributed by atoms with Crippen molar-refractivity contribution in [1.82, 2.24) is 25.5 Å². The number of hydrogen-bond acceptors (Lipinski definition) is 9. The Kier molecular flexibility index (Phi) is 16.5. The average molecular weight is 570 g/mol. The van der Waals surface area contributed by atoms with Gasteiger partial charge in [0.2, 0.25) is 11.8 Å². The van der Waals surface area contributed by atoms with Crippen LogP contribution in [0.25, 0.3) is 0 Å². The van der Waals surface area contributed by atoms with Gasteiger partial charge >= 0.3 is 5.97 Å². The van der Waals surface area contributed by atoms with Crippen LogP contribution in [-0.2, 0) is 33.6 Å². The van der Waals surface area contributed by atoms with Gasteiger partial charge in [0.25, 0.3) is 11.8 Å². The van der Waals surface area contributed by atoms with Crippen LogP contribution in [0.1, 0.15) is 80.6 Å². The summed E-state index contributed by atoms with van der Waals surface area (Å²) in [6, 6.07) is -1.89. The normalized spacial score (nSPS) is 16.4. The first kappa shape index (κ1) is 37.1. The van der Waals surface area contributed by atoms with Crippen molar-refractivity contribution >= 4 is 35.4 Å². The highest BCUT2D eigenvalue weighted by Gasteiger charge is 2.36. The minimum atomic E-state index is -0.911. The molecule has 2 N–H and O–H groups in total. The maximum Gasteiger partial charge on any atom is 0.355 e. The number of nitrogens with zero attached hydrogens (tertiary/aromatic N) is 3. The number of carbonyl (C=O) groups excluding carboxylic acids is 6. The van der Waals surface area contributed by atoms with Crippen LogP contribution in [0.15, 0.2) is 0 Å². The van der Waals surface area contributed by atoms with Gasteiger partial charge in [0, 0.05) is 19.3 Å². The molecule has 4 unspecified atom stereocenters. The van der Waals surface area contributed by atoms with Crippen LogP contribution in [0, 0.1) is 11.8 Å². The predicted octanol–water partition coefficient (Wildman–Crippen LogP) is 1.52. The van der Waals surface area contributed by atoms with Crippen LogP contribution in [0.2, 0.25) is 0 Å². The molecular weight excluding hydrogens is 518 g/mol. The largest absolute Gasteiger partial charge is 0.355 e. The second-order valence-electron chi connectivity index (χ2n) is 11.5. The van der Waals surface area contributed by atoms with Crippen LogP contribution in [0.4, 0.5) is 0 Å². The Hall–Kier alpha value is -2.86. The van der Waals surface area contributed by atoms with Gasteiger partial charge in [0.15, 0.2) is 5.78 Å². The zero-order chi connectivity index (χ0) is 31.3. The summed E-state index contributed by atoms with van der Waals surface area (Å²) < 4.78 is 0. The van der Waals surface area contributed by atoms with Gasteiger partial charge in [-0.2, -0.15) is 0 Å². The van der Waals surface area contributed by atoms with Crippen LogP contribution in [0.5, 0.6) is 0 Å². The van der Waals surface area contributed by atoms with Crippen molar-refractivity contribution in [3.8, 4) is 0 Å². The number of Topliss-reactive ketones (excluding diaryl/α,β-unsaturated/α-hetero) is 1. The van der Waals surface area contributed by atoms with Gasteiger partial charge in [-0.05, 0) is 66.7 Å². The van der Waals surface area contributed by atoms with Crippen LogP contribution >= 0.6 is 0 Å². The van der Waals surface area contributed by atoms with Crippen molar-refractivity contribution in [1.29, 1.82) is 0 Å². The molecule has 0 aliphatic carbocycles. The summed E-state index contributed by atoms with van der Waals surface area (Å²) in [4.78, 5) is 79.5. The Morgan fingerprint density at radius 3 is 1.48 bits per heavy atom. The third-order valence-corrected chi connectivity index (χ3v) is 6.56. The summed E-state index contributed by atoms with van der Waals surface area (Å²) in [5.41, 5.74) is 0. The van der Waals surface area contributed by atoms with E-state index in [2.05, 4.69) is 24.5 Å². The molecule has 0 aromatic carbocycles. The van der Waals surface area contributed by atoms with Crippen molar-refractivity contribution in [2.24, 2.45) is 11.8 Å². The Balaban J connectivity index is 0.000000799. The summed E-state index contributed by atoms with van der Waals surface area (Å²) in [7, 11) is 7.20. The van der Waals surface area contributed by atoms with Gasteiger partial charge in [-0.15, -0.1) is 5.06 Å². The van der Waals surface area contributed by atoms with E-state index in [1.807, 2.05) is 46.7 Å². The minimum Gasteiger partial charge on any atom is -0.345 e. The molecule has 1 aliphatic heterocycles. The molecule has 12 heteroatoms. The first-order chi connectivity index (χ1) is 18.4. The number of amides is 4. The molecular formula is C28H51N5O7. The number of rotatable bonds is 14. The fourth-order valence-electron chi connectivity index (χ4n) is 3.54. The molecule has 0 saturated carbocycles. The molecule has 12 nitrogen and oxygen atoms in total. The standard InChI is InChI=1S/C15H25N3O5.C13H26N2O2/c1-9(2)8-11(16-14(21)10(3)17(4)5)15(22)23-18-12(19)6-7-13(18)20;1-7-12(16)11(8-9(2)3)14-13(17)10(4)15(5)6/h9-11H,6-8H2,1-5H3,(H,16,21);9-11H,7-8H2,1-6H3,(H,14,17). The highest BCUT2D eigenvalue weighted by atomic mass is 16.7. The van der Waals surface area contributed by atoms with E-state index in [4.69, 9.17) is 4.84 Å². The number of hydroxylamine groups is 2. The lowest BCUT2D eigenvalue weighted by Gasteiger charge is -2.25. The van der Waals surface area contributed by atoms with Crippen molar-refractivity contribution in [3.05, 3.63) is 0 Å². The van der Waals surface area contributed by atoms with E-state index in [9.17, 15) is 28.8 Å². The van der Waals surface area contributed by atoms with Crippen molar-refractivity contribution < 1.29 is 33.6 Å². The number of ketones is 1. The maximum absolute atomic E-state index is 12.3. The highest BCUT2D eigenvalue weighted by Crippen LogP contribution is 2.15. The number of nitrogens with one attached hydrogen (secondary N) is 2. The van der Waals surface area contributed by atoms with Crippen LogP contribution in [-0.4, -0.2) is 103 Å². The van der Waals surface area contributed by atoms with Crippen LogP contribution in [0.3, 0.4) is 0 Å². The van der Waals surface area contributed by atoms with E-state index in [1.54, 1.807) is 25.9 Å². The van der Waals surface area contributed by atoms with Crippen molar-refractivity contribution in [2.75, 3.05) is 28.2 Å². The molecule has 0 aromatic rings. The molecule has 1 saturated heterocycles. The molecule has 40 heavy (non-hydrogen) atoms. The predicted molar refractivity (Wildman–Crippen MR) is 152 cm³/mol. The van der Waals surface area contributed by atoms with Crippen molar-refractivity contribution in [3.63, 3.8) is 0 Å². The second-order valence-corrected chi connectivity index (χ2v) is 11.5. The van der Waals surface area contributed by atoms with E-state index in [0.717, 1.165) is 0 Å². The van der Waals surface area contributed by atoms with Crippen LogP contribution < -0.4 is 10.6 Å². The molecule has 1 fully saturated rings. The van der Waals surface area contributed by atoms with E-state index < -0.39 is 29.9 Å². The molecule has 1 rings (SSSR count). The molecule has 4 amide bonds. The topological polar surface area (TPSA) is 145 Å². The van der Waals surface area contributed by atoms with E-state index in [1.165, 1.54) is 0 Å². The lowest BCUT2D eigenvalue weighted by Crippen LogP contribution is -2.50. The molecule has 0 bridgehead atoms. The monoisotopic (exact) mass is 569 g/mol. The quantitative estimate of drug-likeness (QED) is 0.297. The molecule has 0 radical (unpaired) electrons. The van der Waals surface area contributed by atoms with Gasteiger partial charge in [-0.3, -0.25) is 33.8 Å². The zero-order valence-corrected chi connectivity index (χ0v) is 26.2. The number of likely N-dealkylation sites (N-methyl/N-ethyl adjacent to an activating group) is 2. The van der Waals surface area contributed by atoms with E-state index in [0.29, 0.717) is 30.2 Å². The minimum absolute atomic E-state index is 0.0327. The second kappa shape index (κ2) is 17.8. The Morgan fingerprint density at radius 1 is 0.750 bits per heavy atom. The number of imide groups is 1. The lowest BCUT2D eigenvalue weighted by atomic mass is 9.98. The Labute approximate surface area is 239 Å². The fourth-order valence-corrected chi connectivity index (χ4v) is 3.54. The smallest absolute Gasteiger partial charge is 0.345 e. The molecule has 0 spiro atoms. The molecule has 1 heterocycles. The van der Waals surface area contributed by atoms with Gasteiger partial charge in [0.05, 0.1) is 18.1 Å². The molecule has 4 atom stereocenters. The lowest BCUT2D eigenvalue weighted by molar-refractivity contribution is -0.199. The number of carbonyl (C=O) groups is 6. The first-order valence-corrected chi connectivity index (χ1v) is 14.0. The summed E-state index contributed by atoms with van der Waals surface area (Å²) in [5, 5.41) is 5.98. The highest BCUT2D eigenvalue weighted by molar-refractivity contribution is 6.02. The zero-order valence-electron chi connectivity index (χ0n) is 26.2. The van der Waals surface area contributed by atoms with Gasteiger partial charge in [-0.1, -0.05) is 34.6 Å². The summed E-state index contributed by atoms with van der Waals surface area (Å²) >= 11 is 0. The molecule has 230 valence electrons. The van der Waals surface area contributed by atoms with Gasteiger partial charge in [0.1, 0.15) is 6.04 Å². The first-order valence-electron chi connectivity index (χ1n) is 14.0. The third kappa shape index (κ3) is 13.0. The van der Waals surface area contributed by atoms with Gasteiger partial charge in [-0.25, -0.2) is 4.79 Å². The molecule has 0 aromatic heterocycles. The number of hydrogen-bond donors (Lipinski definition) is 2. The van der Waals surface area contributed by atoms with E-state index >= 15 is 0 Å². The van der Waals surface area contributed by atoms with Crippen molar-refractivity contribution in [2.45, 2.75) is 105 Å². The maximum atomic E-state index is 12.3. The third-order valence-electron chi connectivity index (χ3n) is 6.56. The summed E-state index contributed by atoms with van der Waals surface area (Å²) in [5.74, 6) is -1.67. The Bertz CT molecular complexity index is 872. The Morgan fingerprint density at radius 2 is 1.12 bits per heavy atom. The molecule has 1 aliphatic rings. The van der Waals surface area contributed by atoms with Gasteiger partial charge < -0.3 is 15.5 Å². The average Bonchev–Trinajstić information content (AvgIpc) is 3.17. The van der Waals surface area contributed by atoms with E-state index in [-0.39, 0.29) is 48.4 Å². The fraction of sp³-hybridized carbons (Fsp3) is 0.786.